The van der Waals surface area contributed by atoms with E-state index in [2.05, 4.69) is 0 Å². The van der Waals surface area contributed by atoms with Gasteiger partial charge in [0.2, 0.25) is 11.2 Å². The van der Waals surface area contributed by atoms with Gasteiger partial charge in [0.05, 0.1) is 6.04 Å². The van der Waals surface area contributed by atoms with Crippen LogP contribution in [-0.2, 0) is 49.6 Å². The summed E-state index contributed by atoms with van der Waals surface area (Å²) in [7, 11) is 0. The summed E-state index contributed by atoms with van der Waals surface area (Å²) < 4.78 is 15.3. The maximum atomic E-state index is 14.3. The number of esters is 2. The number of benzene rings is 1. The summed E-state index contributed by atoms with van der Waals surface area (Å²) in [6, 6.07) is 5.57. The molecule has 15 nitrogen and oxygen atoms in total. The fourth-order valence-electron chi connectivity index (χ4n) is 4.17. The average Bonchev–Trinajstić information content (AvgIpc) is 2.93. The highest BCUT2D eigenvalue weighted by molar-refractivity contribution is 6.35. The number of aliphatic hydroxyl groups is 4. The second-order valence-electron chi connectivity index (χ2n) is 10.5. The van der Waals surface area contributed by atoms with Gasteiger partial charge in [-0.25, -0.2) is 14.4 Å². The number of hydrogen-bond donors (Lipinski definition) is 5. The van der Waals surface area contributed by atoms with Gasteiger partial charge in [0.15, 0.2) is 17.3 Å². The third-order valence-electron chi connectivity index (χ3n) is 5.96. The van der Waals surface area contributed by atoms with E-state index in [4.69, 9.17) is 14.2 Å². The average molecular weight is 612 g/mol. The molecule has 0 aliphatic rings. The molecule has 15 heteroatoms. The van der Waals surface area contributed by atoms with Crippen LogP contribution in [0.4, 0.5) is 4.79 Å². The Hall–Kier alpha value is -4.05. The molecule has 0 fully saturated rings. The predicted molar refractivity (Wildman–Crippen MR) is 144 cm³/mol. The predicted octanol–water partition coefficient (Wildman–Crippen LogP) is -1.07. The normalized spacial score (nSPS) is 16.2. The van der Waals surface area contributed by atoms with Gasteiger partial charge in [0, 0.05) is 0 Å². The Morgan fingerprint density at radius 2 is 1.30 bits per heavy atom. The summed E-state index contributed by atoms with van der Waals surface area (Å²) in [5, 5.41) is 42.1. The molecule has 3 unspecified atom stereocenters. The number of amides is 1. The van der Waals surface area contributed by atoms with E-state index in [0.29, 0.717) is 0 Å². The summed E-state index contributed by atoms with van der Waals surface area (Å²) >= 11 is 0. The summed E-state index contributed by atoms with van der Waals surface area (Å²) in [5.74, 6) is -11.6. The Bertz CT molecular complexity index is 1200. The molecule has 4 atom stereocenters. The lowest BCUT2D eigenvalue weighted by molar-refractivity contribution is -0.209. The zero-order chi connectivity index (χ0) is 33.3. The van der Waals surface area contributed by atoms with E-state index in [-0.39, 0.29) is 5.56 Å². The first kappa shape index (κ1) is 37.0. The van der Waals surface area contributed by atoms with Gasteiger partial charge >= 0.3 is 18.0 Å². The van der Waals surface area contributed by atoms with E-state index in [0.717, 1.165) is 20.8 Å². The molecule has 0 saturated carbocycles. The molecule has 238 valence electrons. The van der Waals surface area contributed by atoms with Crippen LogP contribution < -0.4 is 5.32 Å². The number of ketones is 4. The van der Waals surface area contributed by atoms with Crippen molar-refractivity contribution in [2.24, 2.45) is 5.41 Å². The number of hydrogen-bond acceptors (Lipinski definition) is 14. The number of carbonyl (C=O) groups is 7. The van der Waals surface area contributed by atoms with Crippen molar-refractivity contribution in [1.82, 2.24) is 5.32 Å². The van der Waals surface area contributed by atoms with Crippen molar-refractivity contribution in [3.63, 3.8) is 0 Å². The molecule has 0 radical (unpaired) electrons. The van der Waals surface area contributed by atoms with Gasteiger partial charge in [0.25, 0.3) is 5.60 Å². The van der Waals surface area contributed by atoms with Crippen molar-refractivity contribution in [2.75, 3.05) is 13.2 Å². The van der Waals surface area contributed by atoms with Crippen molar-refractivity contribution in [3.05, 3.63) is 35.9 Å². The Morgan fingerprint density at radius 1 is 0.791 bits per heavy atom. The standard InChI is InChI=1S/C28H37NO14/c1-15(29-25(40)43-26(4,5)6)21(36)28(42-20(35)13-31,24(39)41-14-18-10-8-7-9-11-18)27(19(34)12-30,22(37)16(2)32)23(38)17(3)33/h7-11,15-17,30-33H,12-14H2,1-6H3,(H,29,40)/t15-,16?,17?,27?,28?/m0/s1. The second kappa shape index (κ2) is 14.9. The van der Waals surface area contributed by atoms with Crippen LogP contribution >= 0.6 is 0 Å². The number of alkyl carbamates (subject to hydrolysis) is 1. The molecule has 0 aliphatic heterocycles. The summed E-state index contributed by atoms with van der Waals surface area (Å²) in [5.41, 5.74) is -8.88. The number of aliphatic hydroxyl groups excluding tert-OH is 4. The molecule has 0 aromatic heterocycles. The summed E-state index contributed by atoms with van der Waals surface area (Å²) in [6.07, 6.45) is -6.00. The fraction of sp³-hybridized carbons (Fsp3) is 0.536. The highest BCUT2D eigenvalue weighted by Crippen LogP contribution is 2.43. The van der Waals surface area contributed by atoms with E-state index in [1.54, 1.807) is 6.07 Å². The van der Waals surface area contributed by atoms with Crippen molar-refractivity contribution < 1.29 is 68.2 Å². The van der Waals surface area contributed by atoms with Crippen LogP contribution in [0.2, 0.25) is 0 Å². The SMILES string of the molecule is CC(O)C(=O)C(C(=O)CO)(C(=O)C(C)O)C(OC(=O)CO)(C(=O)OCc1ccccc1)C(=O)[C@H](C)NC(=O)OC(C)(C)C. The second-order valence-corrected chi connectivity index (χ2v) is 10.5. The zero-order valence-electron chi connectivity index (χ0n) is 24.6. The van der Waals surface area contributed by atoms with E-state index in [1.165, 1.54) is 45.0 Å². The molecule has 43 heavy (non-hydrogen) atoms. The smallest absolute Gasteiger partial charge is 0.408 e. The van der Waals surface area contributed by atoms with Gasteiger partial charge < -0.3 is 40.0 Å². The van der Waals surface area contributed by atoms with Crippen LogP contribution in [0.15, 0.2) is 30.3 Å². The first-order chi connectivity index (χ1) is 19.8. The largest absolute Gasteiger partial charge is 0.457 e. The molecule has 1 aromatic carbocycles. The minimum atomic E-state index is -4.06. The topological polar surface area (TPSA) is 240 Å². The number of nitrogens with one attached hydrogen (secondary N) is 1. The third kappa shape index (κ3) is 8.07. The molecule has 5 N–H and O–H groups in total. The van der Waals surface area contributed by atoms with Gasteiger partial charge in [-0.3, -0.25) is 19.2 Å². The van der Waals surface area contributed by atoms with Gasteiger partial charge in [0.1, 0.15) is 37.6 Å². The van der Waals surface area contributed by atoms with Crippen LogP contribution in [0.1, 0.15) is 47.1 Å². The highest BCUT2D eigenvalue weighted by atomic mass is 16.6. The van der Waals surface area contributed by atoms with Crippen LogP contribution in [-0.4, -0.2) is 104 Å². The van der Waals surface area contributed by atoms with Gasteiger partial charge in [-0.05, 0) is 47.1 Å². The molecule has 0 aliphatic carbocycles. The summed E-state index contributed by atoms with van der Waals surface area (Å²) in [4.78, 5) is 94.3. The fourth-order valence-corrected chi connectivity index (χ4v) is 4.17. The Balaban J connectivity index is 4.24. The lowest BCUT2D eigenvalue weighted by Crippen LogP contribution is -2.76. The van der Waals surface area contributed by atoms with Crippen molar-refractivity contribution >= 4 is 41.2 Å². The molecule has 0 saturated heterocycles. The van der Waals surface area contributed by atoms with E-state index >= 15 is 0 Å². The van der Waals surface area contributed by atoms with Crippen molar-refractivity contribution in [2.45, 2.75) is 77.6 Å². The number of ether oxygens (including phenoxy) is 3. The van der Waals surface area contributed by atoms with Crippen LogP contribution in [0.25, 0.3) is 0 Å². The van der Waals surface area contributed by atoms with Gasteiger partial charge in [-0.1, -0.05) is 30.3 Å². The van der Waals surface area contributed by atoms with E-state index < -0.39 is 95.9 Å². The lowest BCUT2D eigenvalue weighted by atomic mass is 9.58. The Morgan fingerprint density at radius 3 is 1.72 bits per heavy atom. The van der Waals surface area contributed by atoms with Crippen molar-refractivity contribution in [3.8, 4) is 0 Å². The lowest BCUT2D eigenvalue weighted by Gasteiger charge is -2.44. The molecule has 1 rings (SSSR count). The maximum absolute atomic E-state index is 14.3. The van der Waals surface area contributed by atoms with Crippen LogP contribution in [0.3, 0.4) is 0 Å². The molecule has 0 bridgehead atoms. The molecule has 1 amide bonds. The zero-order valence-corrected chi connectivity index (χ0v) is 24.6. The summed E-state index contributed by atoms with van der Waals surface area (Å²) in [6.45, 7) is 2.76. The molecule has 0 spiro atoms. The van der Waals surface area contributed by atoms with Gasteiger partial charge in [-0.15, -0.1) is 0 Å². The minimum Gasteiger partial charge on any atom is -0.457 e. The number of rotatable bonds is 15. The quantitative estimate of drug-likeness (QED) is 0.0902. The Kier molecular flexibility index (Phi) is 12.8. The van der Waals surface area contributed by atoms with Crippen molar-refractivity contribution in [1.29, 1.82) is 0 Å². The van der Waals surface area contributed by atoms with E-state index in [1.807, 2.05) is 5.32 Å². The molecular formula is C28H37NO14. The first-order valence-corrected chi connectivity index (χ1v) is 13.0. The van der Waals surface area contributed by atoms with E-state index in [9.17, 15) is 54.0 Å². The monoisotopic (exact) mass is 611 g/mol. The highest BCUT2D eigenvalue weighted by Gasteiger charge is 2.77. The molecule has 0 heterocycles. The molecule has 1 aromatic rings. The number of carbonyl (C=O) groups excluding carboxylic acids is 7. The number of Topliss-reactive ketones (excluding diaryl/α,β-unsaturated/α-hetero) is 4. The van der Waals surface area contributed by atoms with Gasteiger partial charge in [-0.2, -0.15) is 0 Å². The molecular weight excluding hydrogens is 574 g/mol. The Labute approximate surface area is 247 Å². The first-order valence-electron chi connectivity index (χ1n) is 13.0. The van der Waals surface area contributed by atoms with Crippen LogP contribution in [0.5, 0.6) is 0 Å². The maximum Gasteiger partial charge on any atom is 0.408 e. The minimum absolute atomic E-state index is 0.272. The van der Waals surface area contributed by atoms with Crippen LogP contribution in [0, 0.1) is 5.41 Å². The third-order valence-corrected chi connectivity index (χ3v) is 5.96.